The molecule has 0 radical (unpaired) electrons. The molecule has 0 aromatic heterocycles. The lowest BCUT2D eigenvalue weighted by atomic mass is 9.85. The van der Waals surface area contributed by atoms with Crippen molar-refractivity contribution < 1.29 is 5.21 Å². The molecular weight excluding hydrogens is 238 g/mol. The third-order valence-electron chi connectivity index (χ3n) is 3.96. The predicted molar refractivity (Wildman–Crippen MR) is 77.4 cm³/mol. The summed E-state index contributed by atoms with van der Waals surface area (Å²) in [5.41, 5.74) is 6.94. The van der Waals surface area contributed by atoms with E-state index in [2.05, 4.69) is 17.1 Å². The molecule has 1 aliphatic carbocycles. The molecule has 1 fully saturated rings. The van der Waals surface area contributed by atoms with Crippen molar-refractivity contribution in [2.75, 3.05) is 20.1 Å². The maximum absolute atomic E-state index is 8.96. The van der Waals surface area contributed by atoms with Gasteiger partial charge < -0.3 is 15.8 Å². The van der Waals surface area contributed by atoms with Crippen LogP contribution < -0.4 is 5.73 Å². The van der Waals surface area contributed by atoms with Crippen molar-refractivity contribution in [1.82, 2.24) is 4.90 Å². The van der Waals surface area contributed by atoms with Crippen molar-refractivity contribution in [2.45, 2.75) is 25.2 Å². The van der Waals surface area contributed by atoms with Gasteiger partial charge in [-0.15, -0.1) is 0 Å². The molecule has 0 saturated heterocycles. The van der Waals surface area contributed by atoms with Gasteiger partial charge in [0.1, 0.15) is 5.84 Å². The van der Waals surface area contributed by atoms with Crippen LogP contribution in [0, 0.1) is 5.92 Å². The Bertz CT molecular complexity index is 415. The topological polar surface area (TPSA) is 61.8 Å². The minimum atomic E-state index is -0.0451. The Morgan fingerprint density at radius 3 is 2.63 bits per heavy atom. The highest BCUT2D eigenvalue weighted by Crippen LogP contribution is 2.27. The van der Waals surface area contributed by atoms with E-state index in [0.717, 1.165) is 24.6 Å². The van der Waals surface area contributed by atoms with Crippen LogP contribution in [-0.4, -0.2) is 36.1 Å². The zero-order chi connectivity index (χ0) is 13.7. The molecule has 0 spiro atoms. The smallest absolute Gasteiger partial charge is 0.147 e. The Balaban J connectivity index is 2.01. The van der Waals surface area contributed by atoms with E-state index >= 15 is 0 Å². The molecule has 1 saturated carbocycles. The van der Waals surface area contributed by atoms with Crippen LogP contribution in [0.4, 0.5) is 0 Å². The van der Waals surface area contributed by atoms with E-state index < -0.39 is 0 Å². The van der Waals surface area contributed by atoms with Gasteiger partial charge in [0.2, 0.25) is 0 Å². The van der Waals surface area contributed by atoms with Gasteiger partial charge in [0, 0.05) is 13.1 Å². The van der Waals surface area contributed by atoms with Gasteiger partial charge in [0.15, 0.2) is 0 Å². The van der Waals surface area contributed by atoms with E-state index in [9.17, 15) is 0 Å². The summed E-state index contributed by atoms with van der Waals surface area (Å²) in [6.07, 6.45) is 4.04. The van der Waals surface area contributed by atoms with Gasteiger partial charge >= 0.3 is 0 Å². The normalized spacial score (nSPS) is 18.3. The zero-order valence-corrected chi connectivity index (χ0v) is 11.5. The number of oxime groups is 1. The molecule has 1 aromatic carbocycles. The number of hydrogen-bond acceptors (Lipinski definition) is 3. The summed E-state index contributed by atoms with van der Waals surface area (Å²) >= 11 is 0. The Labute approximate surface area is 114 Å². The molecule has 0 bridgehead atoms. The second-order valence-electron chi connectivity index (χ2n) is 5.51. The van der Waals surface area contributed by atoms with E-state index in [4.69, 9.17) is 10.9 Å². The first kappa shape index (κ1) is 13.9. The predicted octanol–water partition coefficient (Wildman–Crippen LogP) is 2.25. The molecule has 1 aromatic rings. The van der Waals surface area contributed by atoms with Crippen LogP contribution in [0.15, 0.2) is 35.5 Å². The fourth-order valence-corrected chi connectivity index (χ4v) is 2.63. The average molecular weight is 261 g/mol. The van der Waals surface area contributed by atoms with E-state index in [1.807, 2.05) is 30.3 Å². The lowest BCUT2D eigenvalue weighted by Crippen LogP contribution is -2.36. The van der Waals surface area contributed by atoms with Crippen molar-refractivity contribution >= 4 is 5.84 Å². The highest BCUT2D eigenvalue weighted by molar-refractivity contribution is 5.87. The lowest BCUT2D eigenvalue weighted by Gasteiger charge is -2.32. The molecular formula is C15H23N3O. The van der Waals surface area contributed by atoms with E-state index in [1.54, 1.807) is 0 Å². The monoisotopic (exact) mass is 261 g/mol. The highest BCUT2D eigenvalue weighted by Gasteiger charge is 2.23. The largest absolute Gasteiger partial charge is 0.409 e. The van der Waals surface area contributed by atoms with Crippen LogP contribution in [0.5, 0.6) is 0 Å². The van der Waals surface area contributed by atoms with Crippen molar-refractivity contribution in [2.24, 2.45) is 16.8 Å². The summed E-state index contributed by atoms with van der Waals surface area (Å²) in [5.74, 6) is 1.07. The first-order valence-electron chi connectivity index (χ1n) is 6.91. The first-order valence-corrected chi connectivity index (χ1v) is 6.91. The Kier molecular flexibility index (Phi) is 4.80. The summed E-state index contributed by atoms with van der Waals surface area (Å²) < 4.78 is 0. The minimum absolute atomic E-state index is 0.0451. The van der Waals surface area contributed by atoms with Crippen molar-refractivity contribution in [3.63, 3.8) is 0 Å². The van der Waals surface area contributed by atoms with Crippen molar-refractivity contribution in [3.8, 4) is 0 Å². The summed E-state index contributed by atoms with van der Waals surface area (Å²) in [5, 5.41) is 12.2. The third-order valence-corrected chi connectivity index (χ3v) is 3.96. The molecule has 4 heteroatoms. The number of rotatable bonds is 6. The van der Waals surface area contributed by atoms with Gasteiger partial charge in [-0.25, -0.2) is 0 Å². The second-order valence-corrected chi connectivity index (χ2v) is 5.51. The number of hydrogen-bond donors (Lipinski definition) is 2. The molecule has 1 unspecified atom stereocenters. The maximum atomic E-state index is 8.96. The molecule has 2 rings (SSSR count). The molecule has 4 nitrogen and oxygen atoms in total. The summed E-state index contributed by atoms with van der Waals surface area (Å²) in [7, 11) is 2.11. The average Bonchev–Trinajstić information content (AvgIpc) is 2.40. The van der Waals surface area contributed by atoms with Crippen molar-refractivity contribution in [1.29, 1.82) is 0 Å². The SMILES string of the molecule is CN(CC1CCC1)CC(C(N)=NO)c1ccccc1. The molecule has 0 amide bonds. The Morgan fingerprint density at radius 1 is 1.42 bits per heavy atom. The van der Waals surface area contributed by atoms with Gasteiger partial charge in [-0.2, -0.15) is 0 Å². The van der Waals surface area contributed by atoms with E-state index in [1.165, 1.54) is 19.3 Å². The van der Waals surface area contributed by atoms with Gasteiger partial charge in [-0.3, -0.25) is 0 Å². The Morgan fingerprint density at radius 2 is 2.11 bits per heavy atom. The molecule has 19 heavy (non-hydrogen) atoms. The third kappa shape index (κ3) is 3.70. The number of nitrogens with two attached hydrogens (primary N) is 1. The summed E-state index contributed by atoms with van der Waals surface area (Å²) in [4.78, 5) is 2.29. The minimum Gasteiger partial charge on any atom is -0.409 e. The maximum Gasteiger partial charge on any atom is 0.147 e. The van der Waals surface area contributed by atoms with Crippen molar-refractivity contribution in [3.05, 3.63) is 35.9 Å². The standard InChI is InChI=1S/C15H23N3O/c1-18(10-12-6-5-7-12)11-14(15(16)17-19)13-8-3-2-4-9-13/h2-4,8-9,12,14,19H,5-7,10-11H2,1H3,(H2,16,17). The molecule has 3 N–H and O–H groups in total. The fraction of sp³-hybridized carbons (Fsp3) is 0.533. The van der Waals surface area contributed by atoms with Crippen LogP contribution in [0.3, 0.4) is 0 Å². The van der Waals surface area contributed by atoms with E-state index in [-0.39, 0.29) is 11.8 Å². The number of likely N-dealkylation sites (N-methyl/N-ethyl adjacent to an activating group) is 1. The molecule has 1 atom stereocenters. The van der Waals surface area contributed by atoms with Crippen LogP contribution in [-0.2, 0) is 0 Å². The van der Waals surface area contributed by atoms with Crippen LogP contribution >= 0.6 is 0 Å². The second kappa shape index (κ2) is 6.57. The number of amidine groups is 1. The summed E-state index contributed by atoms with van der Waals surface area (Å²) in [6, 6.07) is 10.0. The highest BCUT2D eigenvalue weighted by atomic mass is 16.4. The zero-order valence-electron chi connectivity index (χ0n) is 11.5. The lowest BCUT2D eigenvalue weighted by molar-refractivity contribution is 0.203. The molecule has 0 aliphatic heterocycles. The van der Waals surface area contributed by atoms with Gasteiger partial charge in [0.25, 0.3) is 0 Å². The van der Waals surface area contributed by atoms with Gasteiger partial charge in [0.05, 0.1) is 5.92 Å². The number of benzene rings is 1. The van der Waals surface area contributed by atoms with Crippen LogP contribution in [0.2, 0.25) is 0 Å². The van der Waals surface area contributed by atoms with E-state index in [0.29, 0.717) is 0 Å². The summed E-state index contributed by atoms with van der Waals surface area (Å²) in [6.45, 7) is 1.89. The fourth-order valence-electron chi connectivity index (χ4n) is 2.63. The molecule has 1 aliphatic rings. The van der Waals surface area contributed by atoms with Crippen LogP contribution in [0.1, 0.15) is 30.7 Å². The van der Waals surface area contributed by atoms with Crippen LogP contribution in [0.25, 0.3) is 0 Å². The van der Waals surface area contributed by atoms with Gasteiger partial charge in [-0.05, 0) is 31.4 Å². The Hall–Kier alpha value is -1.55. The number of nitrogens with zero attached hydrogens (tertiary/aromatic N) is 2. The quantitative estimate of drug-likeness (QED) is 0.357. The molecule has 0 heterocycles. The molecule has 104 valence electrons. The first-order chi connectivity index (χ1) is 9.20. The van der Waals surface area contributed by atoms with Gasteiger partial charge in [-0.1, -0.05) is 41.9 Å².